The molecule has 0 aliphatic carbocycles. The molecule has 0 fully saturated rings. The predicted molar refractivity (Wildman–Crippen MR) is 92.3 cm³/mol. The van der Waals surface area contributed by atoms with Crippen LogP contribution >= 0.6 is 31.9 Å². The summed E-state index contributed by atoms with van der Waals surface area (Å²) in [6.45, 7) is 1.83. The van der Waals surface area contributed by atoms with Gasteiger partial charge < -0.3 is 9.88 Å². The smallest absolute Gasteiger partial charge is 0.0492 e. The Balaban J connectivity index is 1.69. The van der Waals surface area contributed by atoms with Crippen LogP contribution in [0, 0.1) is 0 Å². The summed E-state index contributed by atoms with van der Waals surface area (Å²) < 4.78 is 4.48. The number of hydrogen-bond acceptors (Lipinski definition) is 1. The van der Waals surface area contributed by atoms with Crippen LogP contribution in [-0.4, -0.2) is 11.1 Å². The number of nitrogens with one attached hydrogen (secondary N) is 1. The van der Waals surface area contributed by atoms with Crippen LogP contribution < -0.4 is 5.32 Å². The topological polar surface area (TPSA) is 17.0 Å². The van der Waals surface area contributed by atoms with E-state index >= 15 is 0 Å². The average Bonchev–Trinajstić information content (AvgIpc) is 2.82. The standard InChI is InChI=1S/C16H14Br2N2/c17-13-2-1-3-15(10-13)19-7-9-20-8-6-12-4-5-14(18)11-16(12)20/h1-6,8,10-11,19H,7,9H2. The number of hydrogen-bond donors (Lipinski definition) is 1. The van der Waals surface area contributed by atoms with Gasteiger partial charge in [0.05, 0.1) is 0 Å². The van der Waals surface area contributed by atoms with Gasteiger partial charge in [-0.1, -0.05) is 44.0 Å². The summed E-state index contributed by atoms with van der Waals surface area (Å²) in [5, 5.41) is 4.71. The number of anilines is 1. The number of halogens is 2. The number of fused-ring (bicyclic) bond motifs is 1. The highest BCUT2D eigenvalue weighted by Gasteiger charge is 2.01. The minimum atomic E-state index is 0.896. The van der Waals surface area contributed by atoms with Crippen molar-refractivity contribution < 1.29 is 0 Å². The van der Waals surface area contributed by atoms with E-state index in [4.69, 9.17) is 0 Å². The number of aromatic nitrogens is 1. The summed E-state index contributed by atoms with van der Waals surface area (Å²) in [5.41, 5.74) is 2.40. The molecule has 0 saturated carbocycles. The molecule has 4 heteroatoms. The van der Waals surface area contributed by atoms with E-state index in [-0.39, 0.29) is 0 Å². The van der Waals surface area contributed by atoms with Gasteiger partial charge in [-0.25, -0.2) is 0 Å². The SMILES string of the molecule is Brc1cccc(NCCn2ccc3ccc(Br)cc32)c1. The first-order valence-corrected chi connectivity index (χ1v) is 8.05. The molecule has 20 heavy (non-hydrogen) atoms. The second-order valence-electron chi connectivity index (χ2n) is 4.65. The highest BCUT2D eigenvalue weighted by molar-refractivity contribution is 9.10. The molecule has 1 N–H and O–H groups in total. The fourth-order valence-corrected chi connectivity index (χ4v) is 3.02. The van der Waals surface area contributed by atoms with Crippen LogP contribution in [0.5, 0.6) is 0 Å². The van der Waals surface area contributed by atoms with Gasteiger partial charge >= 0.3 is 0 Å². The number of rotatable bonds is 4. The first kappa shape index (κ1) is 13.7. The van der Waals surface area contributed by atoms with Gasteiger partial charge in [0, 0.05) is 39.4 Å². The maximum absolute atomic E-state index is 3.53. The van der Waals surface area contributed by atoms with Crippen molar-refractivity contribution >= 4 is 48.5 Å². The molecule has 0 radical (unpaired) electrons. The van der Waals surface area contributed by atoms with Crippen molar-refractivity contribution in [1.82, 2.24) is 4.57 Å². The van der Waals surface area contributed by atoms with Crippen molar-refractivity contribution in [3.8, 4) is 0 Å². The molecule has 3 rings (SSSR count). The Morgan fingerprint density at radius 1 is 0.950 bits per heavy atom. The summed E-state index contributed by atoms with van der Waals surface area (Å²) >= 11 is 7.01. The monoisotopic (exact) mass is 392 g/mol. The summed E-state index contributed by atoms with van der Waals surface area (Å²) in [7, 11) is 0. The first-order chi connectivity index (χ1) is 9.72. The van der Waals surface area contributed by atoms with Crippen LogP contribution in [0.15, 0.2) is 63.7 Å². The Hall–Kier alpha value is -1.26. The van der Waals surface area contributed by atoms with Crippen LogP contribution in [-0.2, 0) is 6.54 Å². The van der Waals surface area contributed by atoms with Crippen molar-refractivity contribution in [2.45, 2.75) is 6.54 Å². The third kappa shape index (κ3) is 3.07. The van der Waals surface area contributed by atoms with Gasteiger partial charge in [-0.3, -0.25) is 0 Å². The lowest BCUT2D eigenvalue weighted by atomic mass is 10.2. The second-order valence-corrected chi connectivity index (χ2v) is 6.48. The maximum atomic E-state index is 3.53. The molecular formula is C16H14Br2N2. The Bertz CT molecular complexity index is 734. The van der Waals surface area contributed by atoms with Crippen LogP contribution in [0.2, 0.25) is 0 Å². The van der Waals surface area contributed by atoms with Gasteiger partial charge in [0.2, 0.25) is 0 Å². The van der Waals surface area contributed by atoms with Gasteiger partial charge in [0.1, 0.15) is 0 Å². The zero-order valence-electron chi connectivity index (χ0n) is 10.8. The van der Waals surface area contributed by atoms with Gasteiger partial charge in [-0.15, -0.1) is 0 Å². The molecule has 0 atom stereocenters. The van der Waals surface area contributed by atoms with E-state index in [1.807, 2.05) is 12.1 Å². The molecule has 0 unspecified atom stereocenters. The van der Waals surface area contributed by atoms with E-state index < -0.39 is 0 Å². The largest absolute Gasteiger partial charge is 0.383 e. The molecule has 2 nitrogen and oxygen atoms in total. The minimum absolute atomic E-state index is 0.896. The average molecular weight is 394 g/mol. The molecular weight excluding hydrogens is 380 g/mol. The molecule has 1 aromatic heterocycles. The Morgan fingerprint density at radius 3 is 2.65 bits per heavy atom. The van der Waals surface area contributed by atoms with E-state index in [1.165, 1.54) is 10.9 Å². The lowest BCUT2D eigenvalue weighted by molar-refractivity contribution is 0.757. The van der Waals surface area contributed by atoms with Gasteiger partial charge in [0.15, 0.2) is 0 Å². The first-order valence-electron chi connectivity index (χ1n) is 6.46. The number of nitrogens with zero attached hydrogens (tertiary/aromatic N) is 1. The summed E-state index contributed by atoms with van der Waals surface area (Å²) in [6, 6.07) is 16.8. The zero-order valence-corrected chi connectivity index (χ0v) is 14.0. The normalized spacial score (nSPS) is 10.9. The van der Waals surface area contributed by atoms with Crippen molar-refractivity contribution in [1.29, 1.82) is 0 Å². The fraction of sp³-hybridized carbons (Fsp3) is 0.125. The van der Waals surface area contributed by atoms with Crippen LogP contribution in [0.1, 0.15) is 0 Å². The van der Waals surface area contributed by atoms with Crippen molar-refractivity contribution in [2.24, 2.45) is 0 Å². The maximum Gasteiger partial charge on any atom is 0.0492 e. The van der Waals surface area contributed by atoms with E-state index in [0.717, 1.165) is 27.7 Å². The highest BCUT2D eigenvalue weighted by Crippen LogP contribution is 2.21. The van der Waals surface area contributed by atoms with Crippen LogP contribution in [0.4, 0.5) is 5.69 Å². The molecule has 0 aliphatic heterocycles. The lowest BCUT2D eigenvalue weighted by Gasteiger charge is -2.09. The van der Waals surface area contributed by atoms with Crippen molar-refractivity contribution in [3.63, 3.8) is 0 Å². The lowest BCUT2D eigenvalue weighted by Crippen LogP contribution is -2.09. The molecule has 1 heterocycles. The zero-order chi connectivity index (χ0) is 13.9. The van der Waals surface area contributed by atoms with Crippen molar-refractivity contribution in [3.05, 3.63) is 63.7 Å². The van der Waals surface area contributed by atoms with E-state index in [0.29, 0.717) is 0 Å². The predicted octanol–water partition coefficient (Wildman–Crippen LogP) is 5.28. The molecule has 0 saturated heterocycles. The van der Waals surface area contributed by atoms with Crippen molar-refractivity contribution in [2.75, 3.05) is 11.9 Å². The summed E-state index contributed by atoms with van der Waals surface area (Å²) in [6.07, 6.45) is 2.14. The van der Waals surface area contributed by atoms with Gasteiger partial charge in [-0.05, 0) is 41.8 Å². The molecule has 3 aromatic rings. The highest BCUT2D eigenvalue weighted by atomic mass is 79.9. The van der Waals surface area contributed by atoms with Gasteiger partial charge in [-0.2, -0.15) is 0 Å². The Labute approximate surface area is 135 Å². The minimum Gasteiger partial charge on any atom is -0.383 e. The third-order valence-corrected chi connectivity index (χ3v) is 4.23. The molecule has 0 aliphatic rings. The summed E-state index contributed by atoms with van der Waals surface area (Å²) in [4.78, 5) is 0. The molecule has 0 spiro atoms. The van der Waals surface area contributed by atoms with E-state index in [9.17, 15) is 0 Å². The van der Waals surface area contributed by atoms with Gasteiger partial charge in [0.25, 0.3) is 0 Å². The second kappa shape index (κ2) is 6.02. The molecule has 0 bridgehead atoms. The Kier molecular flexibility index (Phi) is 4.13. The molecule has 0 amide bonds. The molecule has 2 aromatic carbocycles. The summed E-state index contributed by atoms with van der Waals surface area (Å²) in [5.74, 6) is 0. The Morgan fingerprint density at radius 2 is 1.80 bits per heavy atom. The van der Waals surface area contributed by atoms with E-state index in [2.05, 4.69) is 84.3 Å². The number of benzene rings is 2. The van der Waals surface area contributed by atoms with Crippen LogP contribution in [0.25, 0.3) is 10.9 Å². The fourth-order valence-electron chi connectivity index (χ4n) is 2.27. The van der Waals surface area contributed by atoms with Crippen LogP contribution in [0.3, 0.4) is 0 Å². The molecule has 102 valence electrons. The quantitative estimate of drug-likeness (QED) is 0.638. The van der Waals surface area contributed by atoms with E-state index in [1.54, 1.807) is 0 Å². The third-order valence-electron chi connectivity index (χ3n) is 3.24.